The van der Waals surface area contributed by atoms with Crippen molar-refractivity contribution in [1.29, 1.82) is 0 Å². The summed E-state index contributed by atoms with van der Waals surface area (Å²) in [4.78, 5) is 32.3. The molecule has 2 amide bonds. The number of ether oxygens (including phenoxy) is 1. The predicted molar refractivity (Wildman–Crippen MR) is 147 cm³/mol. The number of rotatable bonds is 6. The Morgan fingerprint density at radius 2 is 1.90 bits per heavy atom. The Bertz CT molecular complexity index is 1590. The minimum absolute atomic E-state index is 0.118. The highest BCUT2D eigenvalue weighted by molar-refractivity contribution is 6.33. The Labute approximate surface area is 242 Å². The van der Waals surface area contributed by atoms with Gasteiger partial charge >= 0.3 is 6.18 Å². The zero-order valence-corrected chi connectivity index (χ0v) is 22.9. The molecule has 7 nitrogen and oxygen atoms in total. The molecule has 1 fully saturated rings. The largest absolute Gasteiger partial charge is 0.508 e. The standard InChI is InChI=1S/C29H22Cl2F3N3O4/c1-3-15-7-12-19-26(39)37(36-25-20(31)13-17(14-35-25)29(32,33)34)27(40)28(19,16-8-10-18(30)11-9-16)24(15)23-21(38)5-4-6-22(23)41-2/h3-11,13-14,19,24,38H,1,12H2,2H3,(H,35,36). The fraction of sp³-hybridized carbons (Fsp3) is 0.207. The number of allylic oxidation sites excluding steroid dienone is 3. The predicted octanol–water partition coefficient (Wildman–Crippen LogP) is 6.67. The van der Waals surface area contributed by atoms with Gasteiger partial charge in [0.05, 0.1) is 29.0 Å². The Balaban J connectivity index is 1.73. The number of anilines is 1. The van der Waals surface area contributed by atoms with Crippen LogP contribution < -0.4 is 10.2 Å². The number of hydrogen-bond donors (Lipinski definition) is 2. The van der Waals surface area contributed by atoms with E-state index in [4.69, 9.17) is 27.9 Å². The van der Waals surface area contributed by atoms with E-state index in [0.29, 0.717) is 28.4 Å². The Morgan fingerprint density at radius 1 is 1.20 bits per heavy atom. The van der Waals surface area contributed by atoms with Crippen LogP contribution >= 0.6 is 23.2 Å². The Kier molecular flexibility index (Phi) is 7.25. The third kappa shape index (κ3) is 4.51. The summed E-state index contributed by atoms with van der Waals surface area (Å²) < 4.78 is 45.1. The molecule has 41 heavy (non-hydrogen) atoms. The van der Waals surface area contributed by atoms with E-state index < -0.39 is 45.8 Å². The number of halogens is 5. The highest BCUT2D eigenvalue weighted by Crippen LogP contribution is 2.60. The second-order valence-corrected chi connectivity index (χ2v) is 10.4. The summed E-state index contributed by atoms with van der Waals surface area (Å²) in [6.45, 7) is 3.91. The molecule has 5 rings (SSSR count). The van der Waals surface area contributed by atoms with Crippen LogP contribution in [0.2, 0.25) is 10.0 Å². The van der Waals surface area contributed by atoms with E-state index in [9.17, 15) is 27.9 Å². The number of nitrogens with one attached hydrogen (secondary N) is 1. The second kappa shape index (κ2) is 10.4. The second-order valence-electron chi connectivity index (χ2n) is 9.54. The number of aromatic hydroxyl groups is 1. The molecule has 2 N–H and O–H groups in total. The molecule has 3 atom stereocenters. The SMILES string of the molecule is C=CC1=CCC2C(=O)N(Nc3ncc(C(F)(F)F)cc3Cl)C(=O)C2(c2ccc(Cl)cc2)C1c1c(O)cccc1OC. The zero-order valence-electron chi connectivity index (χ0n) is 21.4. The first-order valence-electron chi connectivity index (χ1n) is 12.3. The first-order valence-corrected chi connectivity index (χ1v) is 13.0. The topological polar surface area (TPSA) is 91.8 Å². The van der Waals surface area contributed by atoms with E-state index in [1.807, 2.05) is 0 Å². The van der Waals surface area contributed by atoms with Crippen molar-refractivity contribution >= 4 is 40.8 Å². The molecule has 0 radical (unpaired) electrons. The first kappa shape index (κ1) is 28.5. The summed E-state index contributed by atoms with van der Waals surface area (Å²) in [5.74, 6) is -3.59. The van der Waals surface area contributed by atoms with Crippen LogP contribution in [0.1, 0.15) is 29.0 Å². The summed E-state index contributed by atoms with van der Waals surface area (Å²) >= 11 is 12.3. The van der Waals surface area contributed by atoms with Gasteiger partial charge in [-0.25, -0.2) is 4.98 Å². The number of pyridine rings is 1. The zero-order chi connectivity index (χ0) is 29.7. The number of alkyl halides is 3. The number of hydrogen-bond acceptors (Lipinski definition) is 6. The summed E-state index contributed by atoms with van der Waals surface area (Å²) in [5.41, 5.74) is 1.04. The van der Waals surface area contributed by atoms with Crippen molar-refractivity contribution in [2.45, 2.75) is 23.9 Å². The number of nitrogens with zero attached hydrogens (tertiary/aromatic N) is 2. The average molecular weight is 604 g/mol. The van der Waals surface area contributed by atoms with Gasteiger partial charge in [0.15, 0.2) is 5.82 Å². The number of fused-ring (bicyclic) bond motifs is 1. The number of hydrazine groups is 1. The van der Waals surface area contributed by atoms with Crippen LogP contribution in [-0.4, -0.2) is 34.0 Å². The van der Waals surface area contributed by atoms with Crippen molar-refractivity contribution < 1.29 is 32.6 Å². The van der Waals surface area contributed by atoms with Crippen LogP contribution in [0.15, 0.2) is 79.0 Å². The van der Waals surface area contributed by atoms with Crippen molar-refractivity contribution in [1.82, 2.24) is 9.99 Å². The summed E-state index contributed by atoms with van der Waals surface area (Å²) in [5, 5.41) is 11.8. The molecule has 1 aliphatic carbocycles. The number of imide groups is 1. The molecular formula is C29H22Cl2F3N3O4. The third-order valence-electron chi connectivity index (χ3n) is 7.50. The molecule has 3 aromatic rings. The van der Waals surface area contributed by atoms with Gasteiger partial charge in [0.1, 0.15) is 11.5 Å². The molecule has 212 valence electrons. The molecule has 2 heterocycles. The van der Waals surface area contributed by atoms with Crippen LogP contribution in [0.3, 0.4) is 0 Å². The van der Waals surface area contributed by atoms with Gasteiger partial charge in [0.25, 0.3) is 11.8 Å². The highest BCUT2D eigenvalue weighted by atomic mass is 35.5. The van der Waals surface area contributed by atoms with Crippen molar-refractivity contribution in [2.75, 3.05) is 12.5 Å². The minimum atomic E-state index is -4.70. The van der Waals surface area contributed by atoms with Crippen LogP contribution in [0, 0.1) is 5.92 Å². The van der Waals surface area contributed by atoms with E-state index in [1.165, 1.54) is 13.2 Å². The summed E-state index contributed by atoms with van der Waals surface area (Å²) in [7, 11) is 1.42. The van der Waals surface area contributed by atoms with Gasteiger partial charge in [0, 0.05) is 22.7 Å². The number of carbonyl (C=O) groups is 2. The number of phenolic OH excluding ortho intramolecular Hbond substituents is 1. The summed E-state index contributed by atoms with van der Waals surface area (Å²) in [6, 6.07) is 11.7. The molecule has 2 aromatic carbocycles. The number of phenols is 1. The number of benzene rings is 2. The smallest absolute Gasteiger partial charge is 0.417 e. The van der Waals surface area contributed by atoms with Gasteiger partial charge < -0.3 is 9.84 Å². The van der Waals surface area contributed by atoms with Crippen molar-refractivity contribution in [3.8, 4) is 11.5 Å². The average Bonchev–Trinajstić information content (AvgIpc) is 3.15. The Hall–Kier alpha value is -4.02. The maximum atomic E-state index is 14.6. The number of amides is 2. The van der Waals surface area contributed by atoms with Gasteiger partial charge in [-0.15, -0.1) is 0 Å². The molecule has 1 saturated heterocycles. The van der Waals surface area contributed by atoms with Crippen molar-refractivity contribution in [3.05, 3.63) is 106 Å². The fourth-order valence-corrected chi connectivity index (χ4v) is 6.07. The van der Waals surface area contributed by atoms with Gasteiger partial charge in [-0.05, 0) is 47.9 Å². The number of methoxy groups -OCH3 is 1. The normalized spacial score (nSPS) is 22.3. The lowest BCUT2D eigenvalue weighted by molar-refractivity contribution is -0.139. The molecule has 0 saturated carbocycles. The minimum Gasteiger partial charge on any atom is -0.508 e. The lowest BCUT2D eigenvalue weighted by atomic mass is 9.55. The molecule has 0 bridgehead atoms. The number of aromatic nitrogens is 1. The van der Waals surface area contributed by atoms with Gasteiger partial charge in [-0.3, -0.25) is 15.0 Å². The lowest BCUT2D eigenvalue weighted by Gasteiger charge is -2.43. The third-order valence-corrected chi connectivity index (χ3v) is 8.04. The van der Waals surface area contributed by atoms with E-state index in [0.717, 1.165) is 5.01 Å². The molecule has 1 aromatic heterocycles. The molecular weight excluding hydrogens is 582 g/mol. The lowest BCUT2D eigenvalue weighted by Crippen LogP contribution is -2.48. The van der Waals surface area contributed by atoms with E-state index in [1.54, 1.807) is 48.6 Å². The maximum Gasteiger partial charge on any atom is 0.417 e. The highest BCUT2D eigenvalue weighted by Gasteiger charge is 2.66. The van der Waals surface area contributed by atoms with E-state index in [-0.39, 0.29) is 29.3 Å². The molecule has 0 spiro atoms. The first-order chi connectivity index (χ1) is 19.4. The van der Waals surface area contributed by atoms with Crippen molar-refractivity contribution in [3.63, 3.8) is 0 Å². The Morgan fingerprint density at radius 3 is 2.51 bits per heavy atom. The fourth-order valence-electron chi connectivity index (χ4n) is 5.73. The molecule has 3 unspecified atom stereocenters. The number of carbonyl (C=O) groups excluding carboxylic acids is 2. The quantitative estimate of drug-likeness (QED) is 0.306. The van der Waals surface area contributed by atoms with Crippen LogP contribution in [0.5, 0.6) is 11.5 Å². The molecule has 1 aliphatic heterocycles. The van der Waals surface area contributed by atoms with E-state index in [2.05, 4.69) is 17.0 Å². The monoisotopic (exact) mass is 603 g/mol. The van der Waals surface area contributed by atoms with Gasteiger partial charge in [0.2, 0.25) is 0 Å². The molecule has 12 heteroatoms. The van der Waals surface area contributed by atoms with Crippen LogP contribution in [0.4, 0.5) is 19.0 Å². The van der Waals surface area contributed by atoms with E-state index >= 15 is 0 Å². The molecule has 2 aliphatic rings. The van der Waals surface area contributed by atoms with Crippen LogP contribution in [0.25, 0.3) is 0 Å². The van der Waals surface area contributed by atoms with Gasteiger partial charge in [-0.2, -0.15) is 18.2 Å². The van der Waals surface area contributed by atoms with Crippen LogP contribution in [-0.2, 0) is 21.2 Å². The maximum absolute atomic E-state index is 14.6. The van der Waals surface area contributed by atoms with Gasteiger partial charge in [-0.1, -0.05) is 60.1 Å². The van der Waals surface area contributed by atoms with Crippen molar-refractivity contribution in [2.24, 2.45) is 5.92 Å². The summed E-state index contributed by atoms with van der Waals surface area (Å²) in [6.07, 6.45) is -0.715.